The van der Waals surface area contributed by atoms with Gasteiger partial charge in [-0.1, -0.05) is 0 Å². The largest absolute Gasteiger partial charge is 0.303 e. The van der Waals surface area contributed by atoms with E-state index < -0.39 is 0 Å². The average Bonchev–Trinajstić information content (AvgIpc) is 3.15. The zero-order valence-electron chi connectivity index (χ0n) is 11.8. The quantitative estimate of drug-likeness (QED) is 0.731. The van der Waals surface area contributed by atoms with E-state index in [1.165, 1.54) is 23.5 Å². The summed E-state index contributed by atoms with van der Waals surface area (Å²) in [6, 6.07) is 6.34. The third-order valence-corrected chi connectivity index (χ3v) is 4.46. The maximum absolute atomic E-state index is 13.0. The maximum Gasteiger partial charge on any atom is 0.183 e. The van der Waals surface area contributed by atoms with Gasteiger partial charge in [-0.2, -0.15) is 0 Å². The highest BCUT2D eigenvalue weighted by Crippen LogP contribution is 2.29. The lowest BCUT2D eigenvalue weighted by Gasteiger charge is -2.12. The van der Waals surface area contributed by atoms with Gasteiger partial charge in [0, 0.05) is 17.5 Å². The molecule has 4 rings (SSSR count). The fourth-order valence-electron chi connectivity index (χ4n) is 2.46. The van der Waals surface area contributed by atoms with E-state index in [1.54, 1.807) is 12.1 Å². The van der Waals surface area contributed by atoms with Crippen molar-refractivity contribution in [2.45, 2.75) is 13.5 Å². The molecule has 0 radical (unpaired) electrons. The van der Waals surface area contributed by atoms with Gasteiger partial charge in [-0.25, -0.2) is 9.37 Å². The van der Waals surface area contributed by atoms with Crippen LogP contribution in [-0.4, -0.2) is 32.0 Å². The van der Waals surface area contributed by atoms with Crippen molar-refractivity contribution in [2.24, 2.45) is 4.99 Å². The van der Waals surface area contributed by atoms with Crippen molar-refractivity contribution in [1.82, 2.24) is 19.7 Å². The van der Waals surface area contributed by atoms with Gasteiger partial charge in [0.05, 0.1) is 12.3 Å². The molecule has 0 N–H and O–H groups in total. The number of thiazole rings is 1. The van der Waals surface area contributed by atoms with Gasteiger partial charge in [-0.15, -0.1) is 21.5 Å². The minimum atomic E-state index is -0.248. The van der Waals surface area contributed by atoms with E-state index in [0.29, 0.717) is 0 Å². The van der Waals surface area contributed by atoms with E-state index in [2.05, 4.69) is 20.2 Å². The number of hydrogen-bond acceptors (Lipinski definition) is 5. The Morgan fingerprint density at radius 1 is 1.14 bits per heavy atom. The van der Waals surface area contributed by atoms with Crippen molar-refractivity contribution in [3.63, 3.8) is 0 Å². The summed E-state index contributed by atoms with van der Waals surface area (Å²) in [7, 11) is 0. The van der Waals surface area contributed by atoms with Crippen molar-refractivity contribution < 1.29 is 4.39 Å². The zero-order valence-corrected chi connectivity index (χ0v) is 12.6. The monoisotopic (exact) mass is 313 g/mol. The summed E-state index contributed by atoms with van der Waals surface area (Å²) in [4.78, 5) is 9.00. The van der Waals surface area contributed by atoms with Gasteiger partial charge in [0.25, 0.3) is 0 Å². The van der Waals surface area contributed by atoms with Gasteiger partial charge in [-0.3, -0.25) is 4.99 Å². The number of benzene rings is 1. The van der Waals surface area contributed by atoms with E-state index in [9.17, 15) is 4.39 Å². The number of rotatable bonds is 2. The van der Waals surface area contributed by atoms with E-state index in [4.69, 9.17) is 0 Å². The Bertz CT molecular complexity index is 862. The van der Waals surface area contributed by atoms with Gasteiger partial charge in [0.15, 0.2) is 11.6 Å². The Morgan fingerprint density at radius 2 is 1.91 bits per heavy atom. The van der Waals surface area contributed by atoms with E-state index in [0.717, 1.165) is 46.7 Å². The molecule has 1 aromatic carbocycles. The van der Waals surface area contributed by atoms with E-state index in [-0.39, 0.29) is 5.82 Å². The van der Waals surface area contributed by atoms with Crippen LogP contribution in [0.25, 0.3) is 22.1 Å². The average molecular weight is 313 g/mol. The van der Waals surface area contributed by atoms with Gasteiger partial charge in [0.1, 0.15) is 16.5 Å². The minimum absolute atomic E-state index is 0.248. The highest BCUT2D eigenvalue weighted by atomic mass is 32.1. The van der Waals surface area contributed by atoms with Gasteiger partial charge in [0.2, 0.25) is 0 Å². The summed E-state index contributed by atoms with van der Waals surface area (Å²) in [5.41, 5.74) is 2.59. The van der Waals surface area contributed by atoms with Crippen molar-refractivity contribution in [3.8, 4) is 22.1 Å². The molecule has 0 saturated heterocycles. The van der Waals surface area contributed by atoms with E-state index in [1.807, 2.05) is 16.9 Å². The predicted molar refractivity (Wildman–Crippen MR) is 83.6 cm³/mol. The van der Waals surface area contributed by atoms with Crippen LogP contribution in [0.2, 0.25) is 0 Å². The summed E-state index contributed by atoms with van der Waals surface area (Å²) >= 11 is 1.51. The van der Waals surface area contributed by atoms with Crippen LogP contribution in [-0.2, 0) is 6.54 Å². The standard InChI is InChI=1S/C15H12FN5S/c1-9-13-19-20-14(21(13)7-6-17-9)12-8-22-15(18-12)10-2-4-11(16)5-3-10/h2-5,8H,6-7H2,1H3. The van der Waals surface area contributed by atoms with Crippen molar-refractivity contribution in [1.29, 1.82) is 0 Å². The summed E-state index contributed by atoms with van der Waals surface area (Å²) < 4.78 is 15.1. The number of fused-ring (bicyclic) bond motifs is 1. The normalized spacial score (nSPS) is 13.8. The molecule has 0 spiro atoms. The molecule has 22 heavy (non-hydrogen) atoms. The zero-order chi connectivity index (χ0) is 15.1. The Hall–Kier alpha value is -2.41. The van der Waals surface area contributed by atoms with Crippen LogP contribution in [0.3, 0.4) is 0 Å². The predicted octanol–water partition coefficient (Wildman–Crippen LogP) is 3.03. The molecule has 0 amide bonds. The number of nitrogens with zero attached hydrogens (tertiary/aromatic N) is 5. The summed E-state index contributed by atoms with van der Waals surface area (Å²) in [5.74, 6) is 1.31. The molecule has 3 heterocycles. The molecule has 5 nitrogen and oxygen atoms in total. The lowest BCUT2D eigenvalue weighted by Crippen LogP contribution is -2.17. The Labute approximate surface area is 130 Å². The van der Waals surface area contributed by atoms with Crippen molar-refractivity contribution in [3.05, 3.63) is 41.3 Å². The molecule has 0 unspecified atom stereocenters. The second-order valence-corrected chi connectivity index (χ2v) is 5.87. The fourth-order valence-corrected chi connectivity index (χ4v) is 3.27. The summed E-state index contributed by atoms with van der Waals surface area (Å²) in [5, 5.41) is 11.3. The maximum atomic E-state index is 13.0. The molecule has 0 aliphatic carbocycles. The molecular weight excluding hydrogens is 301 g/mol. The van der Waals surface area contributed by atoms with Crippen molar-refractivity contribution >= 4 is 17.0 Å². The second-order valence-electron chi connectivity index (χ2n) is 5.01. The lowest BCUT2D eigenvalue weighted by molar-refractivity contribution is 0.628. The van der Waals surface area contributed by atoms with Crippen LogP contribution < -0.4 is 0 Å². The van der Waals surface area contributed by atoms with Crippen LogP contribution in [0, 0.1) is 5.82 Å². The molecule has 0 bridgehead atoms. The first-order valence-corrected chi connectivity index (χ1v) is 7.77. The topological polar surface area (TPSA) is 56.0 Å². The first kappa shape index (κ1) is 13.3. The first-order valence-electron chi connectivity index (χ1n) is 6.89. The van der Waals surface area contributed by atoms with Gasteiger partial charge in [-0.05, 0) is 31.2 Å². The van der Waals surface area contributed by atoms with Gasteiger partial charge >= 0.3 is 0 Å². The molecule has 1 aliphatic heterocycles. The Kier molecular flexibility index (Phi) is 3.07. The molecule has 7 heteroatoms. The second kappa shape index (κ2) is 5.10. The number of aromatic nitrogens is 4. The fraction of sp³-hybridized carbons (Fsp3) is 0.200. The molecule has 1 aliphatic rings. The first-order chi connectivity index (χ1) is 10.7. The molecular formula is C15H12FN5S. The highest BCUT2D eigenvalue weighted by molar-refractivity contribution is 7.13. The molecule has 2 aromatic heterocycles. The molecule has 0 atom stereocenters. The summed E-state index contributed by atoms with van der Waals surface area (Å²) in [6.07, 6.45) is 0. The summed E-state index contributed by atoms with van der Waals surface area (Å²) in [6.45, 7) is 3.44. The number of halogens is 1. The van der Waals surface area contributed by atoms with Crippen LogP contribution in [0.4, 0.5) is 4.39 Å². The number of aliphatic imine (C=N–C) groups is 1. The SMILES string of the molecule is CC1=NCCn2c1nnc2-c1csc(-c2ccc(F)cc2)n1. The minimum Gasteiger partial charge on any atom is -0.303 e. The third kappa shape index (κ3) is 2.14. The van der Waals surface area contributed by atoms with Crippen LogP contribution in [0.5, 0.6) is 0 Å². The highest BCUT2D eigenvalue weighted by Gasteiger charge is 2.20. The van der Waals surface area contributed by atoms with Gasteiger partial charge < -0.3 is 4.57 Å². The smallest absolute Gasteiger partial charge is 0.183 e. The third-order valence-electron chi connectivity index (χ3n) is 3.57. The van der Waals surface area contributed by atoms with Crippen molar-refractivity contribution in [2.75, 3.05) is 6.54 Å². The number of hydrogen-bond donors (Lipinski definition) is 0. The van der Waals surface area contributed by atoms with E-state index >= 15 is 0 Å². The van der Waals surface area contributed by atoms with Crippen LogP contribution in [0.1, 0.15) is 12.7 Å². The molecule has 0 fully saturated rings. The molecule has 110 valence electrons. The Balaban J connectivity index is 1.73. The van der Waals surface area contributed by atoms with Crippen LogP contribution in [0.15, 0.2) is 34.6 Å². The molecule has 3 aromatic rings. The van der Waals surface area contributed by atoms with Crippen LogP contribution >= 0.6 is 11.3 Å². The molecule has 0 saturated carbocycles. The lowest BCUT2D eigenvalue weighted by atomic mass is 10.2. The Morgan fingerprint density at radius 3 is 2.73 bits per heavy atom.